The van der Waals surface area contributed by atoms with E-state index in [4.69, 9.17) is 0 Å². The summed E-state index contributed by atoms with van der Waals surface area (Å²) in [6.07, 6.45) is 6.01. The van der Waals surface area contributed by atoms with Crippen LogP contribution in [0.5, 0.6) is 0 Å². The number of fused-ring (bicyclic) bond motifs is 2. The van der Waals surface area contributed by atoms with Gasteiger partial charge in [0.25, 0.3) is 5.91 Å². The summed E-state index contributed by atoms with van der Waals surface area (Å²) in [5, 5.41) is 11.9. The van der Waals surface area contributed by atoms with Gasteiger partial charge in [-0.1, -0.05) is 24.1 Å². The molecule has 2 fully saturated rings. The standard InChI is InChI=1S/C21H26FN5O.ClH/c1-14-19(24-25-27(14)15-7-11-23-12-8-15)20(28)26-13-21(9-2-3-10-21)18-16(22)5-4-6-17(18)26;/h4-6,15,23H,2-3,7-13H2,1H3;1H. The van der Waals surface area contributed by atoms with Gasteiger partial charge >= 0.3 is 0 Å². The molecule has 29 heavy (non-hydrogen) atoms. The van der Waals surface area contributed by atoms with E-state index in [1.165, 1.54) is 6.07 Å². The van der Waals surface area contributed by atoms with Crippen LogP contribution in [0.1, 0.15) is 66.3 Å². The lowest BCUT2D eigenvalue weighted by molar-refractivity contribution is 0.0979. The molecule has 3 heterocycles. The van der Waals surface area contributed by atoms with E-state index in [0.29, 0.717) is 17.9 Å². The van der Waals surface area contributed by atoms with Crippen LogP contribution in [0.2, 0.25) is 0 Å². The van der Waals surface area contributed by atoms with Crippen LogP contribution in [0.15, 0.2) is 18.2 Å². The molecule has 156 valence electrons. The van der Waals surface area contributed by atoms with E-state index in [2.05, 4.69) is 15.6 Å². The van der Waals surface area contributed by atoms with Crippen LogP contribution in [0.4, 0.5) is 10.1 Å². The van der Waals surface area contributed by atoms with Crippen molar-refractivity contribution in [2.75, 3.05) is 24.5 Å². The number of rotatable bonds is 2. The Morgan fingerprint density at radius 2 is 1.97 bits per heavy atom. The normalized spacial score (nSPS) is 20.7. The number of hydrogen-bond acceptors (Lipinski definition) is 4. The van der Waals surface area contributed by atoms with E-state index in [1.807, 2.05) is 17.7 Å². The van der Waals surface area contributed by atoms with Crippen LogP contribution in [-0.2, 0) is 5.41 Å². The zero-order chi connectivity index (χ0) is 19.3. The molecule has 5 rings (SSSR count). The number of benzene rings is 1. The molecule has 1 saturated heterocycles. The van der Waals surface area contributed by atoms with Crippen molar-refractivity contribution in [2.24, 2.45) is 0 Å². The Morgan fingerprint density at radius 1 is 1.24 bits per heavy atom. The highest BCUT2D eigenvalue weighted by molar-refractivity contribution is 6.07. The smallest absolute Gasteiger partial charge is 0.280 e. The molecule has 0 unspecified atom stereocenters. The van der Waals surface area contributed by atoms with E-state index < -0.39 is 0 Å². The van der Waals surface area contributed by atoms with Crippen LogP contribution in [0, 0.1) is 12.7 Å². The van der Waals surface area contributed by atoms with Gasteiger partial charge in [-0.3, -0.25) is 4.79 Å². The number of hydrogen-bond donors (Lipinski definition) is 1. The number of anilines is 1. The summed E-state index contributed by atoms with van der Waals surface area (Å²) in [5.41, 5.74) is 2.40. The van der Waals surface area contributed by atoms with Crippen molar-refractivity contribution < 1.29 is 9.18 Å². The monoisotopic (exact) mass is 419 g/mol. The second-order valence-electron chi connectivity index (χ2n) is 8.46. The second kappa shape index (κ2) is 7.69. The fraction of sp³-hybridized carbons (Fsp3) is 0.571. The summed E-state index contributed by atoms with van der Waals surface area (Å²) in [4.78, 5) is 15.2. The molecule has 0 radical (unpaired) electrons. The summed E-state index contributed by atoms with van der Waals surface area (Å²) < 4.78 is 16.7. The minimum Gasteiger partial charge on any atom is -0.317 e. The van der Waals surface area contributed by atoms with Gasteiger partial charge in [0.2, 0.25) is 0 Å². The Morgan fingerprint density at radius 3 is 2.69 bits per heavy atom. The van der Waals surface area contributed by atoms with E-state index in [-0.39, 0.29) is 35.6 Å². The third-order valence-electron chi connectivity index (χ3n) is 6.86. The Balaban J connectivity index is 0.00000205. The van der Waals surface area contributed by atoms with Gasteiger partial charge in [0.15, 0.2) is 5.69 Å². The van der Waals surface area contributed by atoms with Crippen molar-refractivity contribution >= 4 is 24.0 Å². The van der Waals surface area contributed by atoms with Crippen molar-refractivity contribution in [3.05, 3.63) is 41.0 Å². The maximum absolute atomic E-state index is 14.8. The number of amides is 1. The maximum atomic E-state index is 14.8. The van der Waals surface area contributed by atoms with Crippen LogP contribution < -0.4 is 10.2 Å². The van der Waals surface area contributed by atoms with Crippen LogP contribution in [0.25, 0.3) is 0 Å². The van der Waals surface area contributed by atoms with Crippen molar-refractivity contribution in [1.82, 2.24) is 20.3 Å². The highest BCUT2D eigenvalue weighted by Gasteiger charge is 2.48. The Labute approximate surface area is 176 Å². The zero-order valence-corrected chi connectivity index (χ0v) is 17.5. The number of nitrogens with one attached hydrogen (secondary N) is 1. The van der Waals surface area contributed by atoms with Gasteiger partial charge in [0, 0.05) is 17.5 Å². The van der Waals surface area contributed by atoms with Crippen LogP contribution in [-0.4, -0.2) is 40.5 Å². The fourth-order valence-electron chi connectivity index (χ4n) is 5.44. The van der Waals surface area contributed by atoms with Gasteiger partial charge in [-0.05, 0) is 57.8 Å². The van der Waals surface area contributed by atoms with Crippen molar-refractivity contribution in [2.45, 2.75) is 56.9 Å². The average Bonchev–Trinajstić information content (AvgIpc) is 3.41. The zero-order valence-electron chi connectivity index (χ0n) is 16.7. The molecule has 2 aromatic rings. The predicted molar refractivity (Wildman–Crippen MR) is 111 cm³/mol. The first kappa shape index (κ1) is 20.3. The predicted octanol–water partition coefficient (Wildman–Crippen LogP) is 3.54. The molecule has 0 atom stereocenters. The number of aromatic nitrogens is 3. The van der Waals surface area contributed by atoms with Gasteiger partial charge in [0.1, 0.15) is 5.82 Å². The summed E-state index contributed by atoms with van der Waals surface area (Å²) in [6, 6.07) is 5.36. The van der Waals surface area contributed by atoms with Crippen molar-refractivity contribution in [3.63, 3.8) is 0 Å². The van der Waals surface area contributed by atoms with E-state index in [9.17, 15) is 9.18 Å². The third kappa shape index (κ3) is 3.15. The number of halogens is 2. The highest BCUT2D eigenvalue weighted by atomic mass is 35.5. The topological polar surface area (TPSA) is 63.1 Å². The summed E-state index contributed by atoms with van der Waals surface area (Å²) in [6.45, 7) is 4.37. The lowest BCUT2D eigenvalue weighted by Crippen LogP contribution is -2.36. The Bertz CT molecular complexity index is 918. The summed E-state index contributed by atoms with van der Waals surface area (Å²) >= 11 is 0. The number of carbonyl (C=O) groups is 1. The van der Waals surface area contributed by atoms with E-state index in [0.717, 1.165) is 62.9 Å². The molecule has 1 amide bonds. The molecule has 2 aliphatic heterocycles. The highest BCUT2D eigenvalue weighted by Crippen LogP contribution is 2.51. The average molecular weight is 420 g/mol. The molecule has 1 saturated carbocycles. The van der Waals surface area contributed by atoms with Gasteiger partial charge in [-0.25, -0.2) is 9.07 Å². The maximum Gasteiger partial charge on any atom is 0.280 e. The lowest BCUT2D eigenvalue weighted by atomic mass is 9.80. The van der Waals surface area contributed by atoms with Gasteiger partial charge in [-0.15, -0.1) is 17.5 Å². The van der Waals surface area contributed by atoms with Gasteiger partial charge in [-0.2, -0.15) is 0 Å². The minimum atomic E-state index is -0.241. The van der Waals surface area contributed by atoms with E-state index >= 15 is 0 Å². The van der Waals surface area contributed by atoms with Crippen LogP contribution in [0.3, 0.4) is 0 Å². The minimum absolute atomic E-state index is 0. The fourth-order valence-corrected chi connectivity index (χ4v) is 5.44. The second-order valence-corrected chi connectivity index (χ2v) is 8.46. The SMILES string of the molecule is Cc1c(C(=O)N2CC3(CCCC3)c3c(F)cccc32)nnn1C1CCNCC1.Cl. The largest absolute Gasteiger partial charge is 0.317 e. The third-order valence-corrected chi connectivity index (χ3v) is 6.86. The summed E-state index contributed by atoms with van der Waals surface area (Å²) in [7, 11) is 0. The van der Waals surface area contributed by atoms with Crippen molar-refractivity contribution in [3.8, 4) is 0 Å². The van der Waals surface area contributed by atoms with Crippen molar-refractivity contribution in [1.29, 1.82) is 0 Å². The summed E-state index contributed by atoms with van der Waals surface area (Å²) in [5.74, 6) is -0.349. The molecule has 1 N–H and O–H groups in total. The number of nitrogens with zero attached hydrogens (tertiary/aromatic N) is 4. The van der Waals surface area contributed by atoms with Gasteiger partial charge in [0.05, 0.1) is 17.4 Å². The Hall–Kier alpha value is -1.99. The first-order valence-electron chi connectivity index (χ1n) is 10.3. The van der Waals surface area contributed by atoms with E-state index in [1.54, 1.807) is 11.0 Å². The first-order valence-corrected chi connectivity index (χ1v) is 10.3. The molecule has 1 aromatic carbocycles. The molecule has 6 nitrogen and oxygen atoms in total. The molecular formula is C21H27ClFN5O. The molecular weight excluding hydrogens is 393 g/mol. The molecule has 1 aliphatic carbocycles. The number of carbonyl (C=O) groups excluding carboxylic acids is 1. The molecule has 1 spiro atoms. The first-order chi connectivity index (χ1) is 13.6. The Kier molecular flexibility index (Phi) is 5.38. The quantitative estimate of drug-likeness (QED) is 0.808. The van der Waals surface area contributed by atoms with Crippen LogP contribution >= 0.6 is 12.4 Å². The molecule has 0 bridgehead atoms. The molecule has 8 heteroatoms. The molecule has 1 aromatic heterocycles. The molecule has 3 aliphatic rings. The lowest BCUT2D eigenvalue weighted by Gasteiger charge is -2.25. The number of piperidine rings is 1. The van der Waals surface area contributed by atoms with Gasteiger partial charge < -0.3 is 10.2 Å².